The van der Waals surface area contributed by atoms with Crippen molar-refractivity contribution in [3.63, 3.8) is 0 Å². The van der Waals surface area contributed by atoms with Gasteiger partial charge in [-0.05, 0) is 57.0 Å². The Morgan fingerprint density at radius 3 is 2.72 bits per heavy atom. The van der Waals surface area contributed by atoms with Crippen LogP contribution >= 0.6 is 0 Å². The number of amides is 1. The van der Waals surface area contributed by atoms with Gasteiger partial charge < -0.3 is 10.6 Å². The van der Waals surface area contributed by atoms with Gasteiger partial charge in [-0.25, -0.2) is 0 Å². The molecule has 0 radical (unpaired) electrons. The van der Waals surface area contributed by atoms with Crippen LogP contribution in [0.4, 0.5) is 0 Å². The van der Waals surface area contributed by atoms with Gasteiger partial charge in [-0.3, -0.25) is 4.79 Å². The predicted molar refractivity (Wildman–Crippen MR) is 74.3 cm³/mol. The number of carbonyl (C=O) groups is 1. The second-order valence-electron chi connectivity index (χ2n) is 6.44. The molecule has 3 atom stereocenters. The van der Waals surface area contributed by atoms with Crippen molar-refractivity contribution in [1.82, 2.24) is 10.6 Å². The average molecular weight is 252 g/mol. The molecule has 0 bridgehead atoms. The summed E-state index contributed by atoms with van der Waals surface area (Å²) in [6.07, 6.45) is 7.13. The summed E-state index contributed by atoms with van der Waals surface area (Å²) < 4.78 is 0. The molecule has 2 N–H and O–H groups in total. The van der Waals surface area contributed by atoms with Crippen LogP contribution < -0.4 is 10.6 Å². The van der Waals surface area contributed by atoms with Crippen LogP contribution in [0.25, 0.3) is 0 Å². The van der Waals surface area contributed by atoms with Crippen molar-refractivity contribution in [3.05, 3.63) is 0 Å². The van der Waals surface area contributed by atoms with E-state index >= 15 is 0 Å². The third-order valence-electron chi connectivity index (χ3n) is 4.44. The maximum atomic E-state index is 12.0. The van der Waals surface area contributed by atoms with E-state index in [1.807, 2.05) is 0 Å². The van der Waals surface area contributed by atoms with E-state index in [1.54, 1.807) is 0 Å². The van der Waals surface area contributed by atoms with Gasteiger partial charge in [-0.15, -0.1) is 0 Å². The Kier molecular flexibility index (Phi) is 5.04. The Labute approximate surface area is 111 Å². The molecule has 18 heavy (non-hydrogen) atoms. The van der Waals surface area contributed by atoms with E-state index in [0.717, 1.165) is 19.0 Å². The molecular formula is C15H28N2O. The summed E-state index contributed by atoms with van der Waals surface area (Å²) in [6, 6.07) is 0.363. The van der Waals surface area contributed by atoms with Crippen molar-refractivity contribution in [3.8, 4) is 0 Å². The zero-order chi connectivity index (χ0) is 13.0. The van der Waals surface area contributed by atoms with Crippen LogP contribution in [0.2, 0.25) is 0 Å². The molecule has 1 heterocycles. The van der Waals surface area contributed by atoms with Crippen LogP contribution in [-0.2, 0) is 4.79 Å². The third kappa shape index (κ3) is 4.60. The maximum Gasteiger partial charge on any atom is 0.220 e. The molecule has 1 amide bonds. The second kappa shape index (κ2) is 6.55. The van der Waals surface area contributed by atoms with E-state index < -0.39 is 0 Å². The molecule has 1 saturated carbocycles. The van der Waals surface area contributed by atoms with Crippen molar-refractivity contribution in [1.29, 1.82) is 0 Å². The highest BCUT2D eigenvalue weighted by atomic mass is 16.1. The van der Waals surface area contributed by atoms with E-state index in [4.69, 9.17) is 0 Å². The molecule has 3 heteroatoms. The fraction of sp³-hybridized carbons (Fsp3) is 0.933. The van der Waals surface area contributed by atoms with E-state index in [-0.39, 0.29) is 5.91 Å². The topological polar surface area (TPSA) is 41.1 Å². The maximum absolute atomic E-state index is 12.0. The number of hydrogen-bond donors (Lipinski definition) is 2. The molecule has 2 rings (SSSR count). The smallest absolute Gasteiger partial charge is 0.220 e. The lowest BCUT2D eigenvalue weighted by Crippen LogP contribution is -2.37. The highest BCUT2D eigenvalue weighted by Gasteiger charge is 2.25. The van der Waals surface area contributed by atoms with Crippen LogP contribution in [0.1, 0.15) is 52.4 Å². The molecular weight excluding hydrogens is 224 g/mol. The van der Waals surface area contributed by atoms with Gasteiger partial charge in [0.1, 0.15) is 0 Å². The molecule has 3 unspecified atom stereocenters. The molecule has 1 saturated heterocycles. The lowest BCUT2D eigenvalue weighted by atomic mass is 9.85. The predicted octanol–water partition coefficient (Wildman–Crippen LogP) is 2.32. The fourth-order valence-electron chi connectivity index (χ4n) is 3.07. The van der Waals surface area contributed by atoms with Gasteiger partial charge in [-0.1, -0.05) is 19.8 Å². The van der Waals surface area contributed by atoms with Crippen LogP contribution in [-0.4, -0.2) is 25.0 Å². The summed E-state index contributed by atoms with van der Waals surface area (Å²) in [5, 5.41) is 6.59. The molecule has 3 nitrogen and oxygen atoms in total. The van der Waals surface area contributed by atoms with Gasteiger partial charge >= 0.3 is 0 Å². The summed E-state index contributed by atoms with van der Waals surface area (Å²) in [4.78, 5) is 12.0. The van der Waals surface area contributed by atoms with Gasteiger partial charge in [0.15, 0.2) is 0 Å². The third-order valence-corrected chi connectivity index (χ3v) is 4.44. The summed E-state index contributed by atoms with van der Waals surface area (Å²) in [6.45, 7) is 6.60. The molecule has 1 aliphatic carbocycles. The Bertz CT molecular complexity index is 270. The molecule has 104 valence electrons. The first-order chi connectivity index (χ1) is 8.65. The lowest BCUT2D eigenvalue weighted by molar-refractivity contribution is -0.123. The molecule has 0 spiro atoms. The Balaban J connectivity index is 1.65. The molecule has 0 aromatic rings. The van der Waals surface area contributed by atoms with Gasteiger partial charge in [-0.2, -0.15) is 0 Å². The van der Waals surface area contributed by atoms with E-state index in [2.05, 4.69) is 24.5 Å². The van der Waals surface area contributed by atoms with Gasteiger partial charge in [0.25, 0.3) is 0 Å². The summed E-state index contributed by atoms with van der Waals surface area (Å²) in [5.41, 5.74) is 0. The number of carbonyl (C=O) groups excluding carboxylic acids is 1. The van der Waals surface area contributed by atoms with Gasteiger partial charge in [0.05, 0.1) is 0 Å². The average Bonchev–Trinajstić information content (AvgIpc) is 3.13. The quantitative estimate of drug-likeness (QED) is 0.761. The molecule has 2 fully saturated rings. The summed E-state index contributed by atoms with van der Waals surface area (Å²) in [5.74, 6) is 2.33. The zero-order valence-corrected chi connectivity index (χ0v) is 11.9. The standard InChI is InChI=1S/C15H28N2O/c1-11(14-4-3-7-16-10-14)8-15(18)17-12(2)9-13-5-6-13/h11-14,16H,3-10H2,1-2H3,(H,17,18). The Morgan fingerprint density at radius 2 is 2.11 bits per heavy atom. The lowest BCUT2D eigenvalue weighted by Gasteiger charge is -2.28. The van der Waals surface area contributed by atoms with Crippen LogP contribution in [0.15, 0.2) is 0 Å². The summed E-state index contributed by atoms with van der Waals surface area (Å²) >= 11 is 0. The van der Waals surface area contributed by atoms with Gasteiger partial charge in [0, 0.05) is 12.5 Å². The van der Waals surface area contributed by atoms with Gasteiger partial charge in [0.2, 0.25) is 5.91 Å². The van der Waals surface area contributed by atoms with Crippen molar-refractivity contribution < 1.29 is 4.79 Å². The van der Waals surface area contributed by atoms with E-state index in [0.29, 0.717) is 24.3 Å². The summed E-state index contributed by atoms with van der Waals surface area (Å²) in [7, 11) is 0. The van der Waals surface area contributed by atoms with Crippen LogP contribution in [0.5, 0.6) is 0 Å². The van der Waals surface area contributed by atoms with Crippen LogP contribution in [0, 0.1) is 17.8 Å². The van der Waals surface area contributed by atoms with Crippen molar-refractivity contribution >= 4 is 5.91 Å². The second-order valence-corrected chi connectivity index (χ2v) is 6.44. The van der Waals surface area contributed by atoms with Crippen molar-refractivity contribution in [2.75, 3.05) is 13.1 Å². The van der Waals surface area contributed by atoms with E-state index in [1.165, 1.54) is 32.1 Å². The number of piperidine rings is 1. The highest BCUT2D eigenvalue weighted by molar-refractivity contribution is 5.76. The minimum Gasteiger partial charge on any atom is -0.354 e. The zero-order valence-electron chi connectivity index (χ0n) is 11.9. The normalized spacial score (nSPS) is 27.6. The number of nitrogens with one attached hydrogen (secondary N) is 2. The Hall–Kier alpha value is -0.570. The molecule has 1 aliphatic heterocycles. The number of hydrogen-bond acceptors (Lipinski definition) is 2. The minimum absolute atomic E-state index is 0.251. The minimum atomic E-state index is 0.251. The largest absolute Gasteiger partial charge is 0.354 e. The van der Waals surface area contributed by atoms with Crippen molar-refractivity contribution in [2.24, 2.45) is 17.8 Å². The van der Waals surface area contributed by atoms with Crippen molar-refractivity contribution in [2.45, 2.75) is 58.4 Å². The molecule has 2 aliphatic rings. The SMILES string of the molecule is CC(CC1CC1)NC(=O)CC(C)C1CCCNC1. The Morgan fingerprint density at radius 1 is 1.33 bits per heavy atom. The monoisotopic (exact) mass is 252 g/mol. The first kappa shape index (κ1) is 13.9. The van der Waals surface area contributed by atoms with Crippen LogP contribution in [0.3, 0.4) is 0 Å². The fourth-order valence-corrected chi connectivity index (χ4v) is 3.07. The first-order valence-corrected chi connectivity index (χ1v) is 7.65. The van der Waals surface area contributed by atoms with E-state index in [9.17, 15) is 4.79 Å². The molecule has 0 aromatic carbocycles. The first-order valence-electron chi connectivity index (χ1n) is 7.65. The number of rotatable bonds is 6. The molecule has 0 aromatic heterocycles. The highest BCUT2D eigenvalue weighted by Crippen LogP contribution is 2.33.